The third kappa shape index (κ3) is 1.64. The van der Waals surface area contributed by atoms with E-state index in [1.165, 1.54) is 4.52 Å². The molecule has 0 aliphatic carbocycles. The van der Waals surface area contributed by atoms with E-state index in [0.29, 0.717) is 0 Å². The van der Waals surface area contributed by atoms with Gasteiger partial charge in [0.25, 0.3) is 5.56 Å². The standard InChI is InChI=1S/C12H17N3O/c1-5-14-7-6-11(16)15-10(14)8-9(13-15)12(2,3)4/h6-8H,5H2,1-4H3. The number of rotatable bonds is 1. The second-order valence-corrected chi connectivity index (χ2v) is 4.99. The summed E-state index contributed by atoms with van der Waals surface area (Å²) in [6, 6.07) is 3.54. The fraction of sp³-hybridized carbons (Fsp3) is 0.500. The lowest BCUT2D eigenvalue weighted by molar-refractivity contribution is 0.561. The molecule has 2 heterocycles. The molecule has 0 spiro atoms. The van der Waals surface area contributed by atoms with Crippen LogP contribution < -0.4 is 5.56 Å². The molecule has 4 nitrogen and oxygen atoms in total. The number of fused-ring (bicyclic) bond motifs is 1. The van der Waals surface area contributed by atoms with Crippen LogP contribution in [0.5, 0.6) is 0 Å². The van der Waals surface area contributed by atoms with E-state index in [9.17, 15) is 4.79 Å². The van der Waals surface area contributed by atoms with E-state index in [-0.39, 0.29) is 11.0 Å². The van der Waals surface area contributed by atoms with Gasteiger partial charge >= 0.3 is 0 Å². The Balaban J connectivity index is 2.78. The molecule has 86 valence electrons. The molecule has 0 saturated heterocycles. The number of aromatic nitrogens is 3. The van der Waals surface area contributed by atoms with E-state index in [2.05, 4.69) is 25.9 Å². The van der Waals surface area contributed by atoms with Gasteiger partial charge in [-0.15, -0.1) is 0 Å². The van der Waals surface area contributed by atoms with Gasteiger partial charge in [0.15, 0.2) is 0 Å². The maximum atomic E-state index is 11.7. The van der Waals surface area contributed by atoms with Crippen LogP contribution in [0.15, 0.2) is 23.1 Å². The number of hydrogen-bond donors (Lipinski definition) is 0. The molecule has 0 bridgehead atoms. The molecule has 0 radical (unpaired) electrons. The molecule has 4 heteroatoms. The summed E-state index contributed by atoms with van der Waals surface area (Å²) in [6.45, 7) is 9.16. The first-order valence-corrected chi connectivity index (χ1v) is 5.53. The average Bonchev–Trinajstić information content (AvgIpc) is 2.63. The summed E-state index contributed by atoms with van der Waals surface area (Å²) in [6.07, 6.45) is 1.81. The van der Waals surface area contributed by atoms with Crippen LogP contribution in [-0.2, 0) is 12.0 Å². The zero-order chi connectivity index (χ0) is 11.9. The Labute approximate surface area is 94.5 Å². The van der Waals surface area contributed by atoms with Gasteiger partial charge < -0.3 is 4.57 Å². The van der Waals surface area contributed by atoms with Crippen LogP contribution in [0.4, 0.5) is 0 Å². The predicted octanol–water partition coefficient (Wildman–Crippen LogP) is 1.81. The molecule has 0 aliphatic rings. The van der Waals surface area contributed by atoms with Crippen molar-refractivity contribution in [2.45, 2.75) is 39.7 Å². The van der Waals surface area contributed by atoms with Crippen LogP contribution >= 0.6 is 0 Å². The highest BCUT2D eigenvalue weighted by Gasteiger charge is 2.19. The van der Waals surface area contributed by atoms with Crippen LogP contribution in [0.25, 0.3) is 5.65 Å². The summed E-state index contributed by atoms with van der Waals surface area (Å²) >= 11 is 0. The van der Waals surface area contributed by atoms with Crippen LogP contribution in [-0.4, -0.2) is 14.2 Å². The topological polar surface area (TPSA) is 39.3 Å². The summed E-state index contributed by atoms with van der Waals surface area (Å²) < 4.78 is 3.49. The van der Waals surface area contributed by atoms with Crippen LogP contribution in [0.3, 0.4) is 0 Å². The molecule has 0 amide bonds. The zero-order valence-electron chi connectivity index (χ0n) is 10.2. The van der Waals surface area contributed by atoms with Crippen LogP contribution in [0.1, 0.15) is 33.4 Å². The Kier molecular flexibility index (Phi) is 2.37. The lowest BCUT2D eigenvalue weighted by Gasteiger charge is -2.13. The highest BCUT2D eigenvalue weighted by Crippen LogP contribution is 2.21. The van der Waals surface area contributed by atoms with Crippen molar-refractivity contribution < 1.29 is 0 Å². The minimum Gasteiger partial charge on any atom is -0.333 e. The smallest absolute Gasteiger partial charge is 0.274 e. The monoisotopic (exact) mass is 219 g/mol. The van der Waals surface area contributed by atoms with Crippen molar-refractivity contribution in [3.63, 3.8) is 0 Å². The number of nitrogens with zero attached hydrogens (tertiary/aromatic N) is 3. The highest BCUT2D eigenvalue weighted by atomic mass is 16.1. The molecular formula is C12H17N3O. The van der Waals surface area contributed by atoms with Crippen LogP contribution in [0.2, 0.25) is 0 Å². The lowest BCUT2D eigenvalue weighted by Crippen LogP contribution is -2.18. The quantitative estimate of drug-likeness (QED) is 0.733. The van der Waals surface area contributed by atoms with Gasteiger partial charge in [-0.25, -0.2) is 0 Å². The summed E-state index contributed by atoms with van der Waals surface area (Å²) in [7, 11) is 0. The molecule has 16 heavy (non-hydrogen) atoms. The first kappa shape index (κ1) is 10.9. The second-order valence-electron chi connectivity index (χ2n) is 4.99. The molecule has 0 aliphatic heterocycles. The SMILES string of the molecule is CCn1ccc(=O)n2nc(C(C)(C)C)cc12. The van der Waals surface area contributed by atoms with E-state index < -0.39 is 0 Å². The van der Waals surface area contributed by atoms with E-state index in [1.807, 2.05) is 23.8 Å². The molecule has 2 rings (SSSR count). The van der Waals surface area contributed by atoms with Crippen molar-refractivity contribution in [1.82, 2.24) is 14.2 Å². The number of aryl methyl sites for hydroxylation is 1. The van der Waals surface area contributed by atoms with Gasteiger partial charge in [0, 0.05) is 30.3 Å². The molecule has 2 aromatic rings. The number of hydrogen-bond acceptors (Lipinski definition) is 2. The Morgan fingerprint density at radius 3 is 2.62 bits per heavy atom. The minimum absolute atomic E-state index is 0.0377. The Morgan fingerprint density at radius 1 is 1.38 bits per heavy atom. The van der Waals surface area contributed by atoms with Crippen molar-refractivity contribution in [2.24, 2.45) is 0 Å². The zero-order valence-corrected chi connectivity index (χ0v) is 10.2. The van der Waals surface area contributed by atoms with Crippen molar-refractivity contribution in [2.75, 3.05) is 0 Å². The fourth-order valence-electron chi connectivity index (χ4n) is 1.67. The first-order valence-electron chi connectivity index (χ1n) is 5.53. The molecule has 0 N–H and O–H groups in total. The lowest BCUT2D eigenvalue weighted by atomic mass is 9.93. The maximum Gasteiger partial charge on any atom is 0.274 e. The maximum absolute atomic E-state index is 11.7. The Bertz CT molecular complexity index is 572. The van der Waals surface area contributed by atoms with Gasteiger partial charge in [0.1, 0.15) is 5.65 Å². The second kappa shape index (κ2) is 3.47. The summed E-state index contributed by atoms with van der Waals surface area (Å²) in [5, 5.41) is 4.38. The van der Waals surface area contributed by atoms with Gasteiger partial charge in [0.05, 0.1) is 5.69 Å². The summed E-state index contributed by atoms with van der Waals surface area (Å²) in [5.74, 6) is 0. The van der Waals surface area contributed by atoms with Crippen molar-refractivity contribution >= 4 is 5.65 Å². The van der Waals surface area contributed by atoms with E-state index in [1.54, 1.807) is 6.07 Å². The van der Waals surface area contributed by atoms with Crippen molar-refractivity contribution in [3.05, 3.63) is 34.4 Å². The van der Waals surface area contributed by atoms with Gasteiger partial charge in [-0.3, -0.25) is 4.79 Å². The van der Waals surface area contributed by atoms with E-state index in [4.69, 9.17) is 0 Å². The predicted molar refractivity (Wildman–Crippen MR) is 63.8 cm³/mol. The average molecular weight is 219 g/mol. The van der Waals surface area contributed by atoms with Crippen LogP contribution in [0, 0.1) is 0 Å². The highest BCUT2D eigenvalue weighted by molar-refractivity contribution is 5.42. The molecule has 0 unspecified atom stereocenters. The van der Waals surface area contributed by atoms with Crippen molar-refractivity contribution in [1.29, 1.82) is 0 Å². The van der Waals surface area contributed by atoms with Gasteiger partial charge in [0.2, 0.25) is 0 Å². The van der Waals surface area contributed by atoms with Gasteiger partial charge in [-0.1, -0.05) is 20.8 Å². The minimum atomic E-state index is -0.0739. The Morgan fingerprint density at radius 2 is 2.06 bits per heavy atom. The Hall–Kier alpha value is -1.58. The molecular weight excluding hydrogens is 202 g/mol. The molecule has 0 saturated carbocycles. The first-order chi connectivity index (χ1) is 7.43. The largest absolute Gasteiger partial charge is 0.333 e. The molecule has 0 aromatic carbocycles. The molecule has 2 aromatic heterocycles. The molecule has 0 fully saturated rings. The third-order valence-corrected chi connectivity index (χ3v) is 2.70. The normalized spacial score (nSPS) is 12.2. The third-order valence-electron chi connectivity index (χ3n) is 2.70. The van der Waals surface area contributed by atoms with E-state index in [0.717, 1.165) is 17.9 Å². The summed E-state index contributed by atoms with van der Waals surface area (Å²) in [5.41, 5.74) is 1.69. The fourth-order valence-corrected chi connectivity index (χ4v) is 1.67. The van der Waals surface area contributed by atoms with Gasteiger partial charge in [-0.2, -0.15) is 9.61 Å². The van der Waals surface area contributed by atoms with E-state index >= 15 is 0 Å². The van der Waals surface area contributed by atoms with Gasteiger partial charge in [-0.05, 0) is 6.92 Å². The summed E-state index contributed by atoms with van der Waals surface area (Å²) in [4.78, 5) is 11.7. The molecule has 0 atom stereocenters. The van der Waals surface area contributed by atoms with Crippen molar-refractivity contribution in [3.8, 4) is 0 Å².